The monoisotopic (exact) mass is 430 g/mol. The van der Waals surface area contributed by atoms with Gasteiger partial charge in [0.05, 0.1) is 23.5 Å². The number of amides is 1. The molecule has 8 heteroatoms. The standard InChI is InChI=1S/C24H26N6O2/c1-17-23(27-28-30(17)22-9-4-8-21-20(22)7-5-14-25-21)24(31)26-18-10-12-19(13-11-18)32-16-6-15-29(2)3/h4-5,7-14H,6,15-16H2,1-3H3,(H,26,31). The van der Waals surface area contributed by atoms with E-state index in [9.17, 15) is 4.79 Å². The van der Waals surface area contributed by atoms with E-state index in [1.54, 1.807) is 10.9 Å². The molecule has 0 aliphatic carbocycles. The van der Waals surface area contributed by atoms with E-state index in [0.29, 0.717) is 18.0 Å². The number of nitrogens with zero attached hydrogens (tertiary/aromatic N) is 5. The van der Waals surface area contributed by atoms with Gasteiger partial charge in [0.1, 0.15) is 5.75 Å². The summed E-state index contributed by atoms with van der Waals surface area (Å²) in [6.07, 6.45) is 2.70. The van der Waals surface area contributed by atoms with Crippen molar-refractivity contribution in [1.29, 1.82) is 0 Å². The van der Waals surface area contributed by atoms with Gasteiger partial charge in [-0.2, -0.15) is 0 Å². The molecular formula is C24H26N6O2. The van der Waals surface area contributed by atoms with Crippen LogP contribution in [-0.4, -0.2) is 58.0 Å². The van der Waals surface area contributed by atoms with Gasteiger partial charge in [-0.05, 0) is 76.0 Å². The number of anilines is 1. The molecule has 0 bridgehead atoms. The Kier molecular flexibility index (Phi) is 6.42. The van der Waals surface area contributed by atoms with Gasteiger partial charge in [0, 0.05) is 23.8 Å². The summed E-state index contributed by atoms with van der Waals surface area (Å²) in [4.78, 5) is 19.3. The molecule has 0 fully saturated rings. The van der Waals surface area contributed by atoms with Crippen molar-refractivity contribution in [2.75, 3.05) is 32.6 Å². The first-order valence-electron chi connectivity index (χ1n) is 10.5. The molecule has 0 aliphatic rings. The zero-order valence-electron chi connectivity index (χ0n) is 18.4. The van der Waals surface area contributed by atoms with Crippen LogP contribution in [-0.2, 0) is 0 Å². The molecule has 0 radical (unpaired) electrons. The second-order valence-electron chi connectivity index (χ2n) is 7.77. The summed E-state index contributed by atoms with van der Waals surface area (Å²) in [5.41, 5.74) is 3.28. The highest BCUT2D eigenvalue weighted by atomic mass is 16.5. The third-order valence-corrected chi connectivity index (χ3v) is 5.09. The Morgan fingerprint density at radius 1 is 1.09 bits per heavy atom. The second-order valence-corrected chi connectivity index (χ2v) is 7.77. The lowest BCUT2D eigenvalue weighted by molar-refractivity contribution is 0.102. The van der Waals surface area contributed by atoms with Crippen molar-refractivity contribution < 1.29 is 9.53 Å². The van der Waals surface area contributed by atoms with Crippen molar-refractivity contribution in [3.05, 3.63) is 72.2 Å². The molecule has 8 nitrogen and oxygen atoms in total. The first-order valence-corrected chi connectivity index (χ1v) is 10.5. The van der Waals surface area contributed by atoms with Gasteiger partial charge >= 0.3 is 0 Å². The van der Waals surface area contributed by atoms with Crippen molar-refractivity contribution in [1.82, 2.24) is 24.9 Å². The molecule has 4 rings (SSSR count). The number of fused-ring (bicyclic) bond motifs is 1. The molecule has 2 aromatic heterocycles. The molecule has 32 heavy (non-hydrogen) atoms. The minimum Gasteiger partial charge on any atom is -0.494 e. The maximum absolute atomic E-state index is 12.8. The van der Waals surface area contributed by atoms with Crippen LogP contribution >= 0.6 is 0 Å². The zero-order valence-corrected chi connectivity index (χ0v) is 18.4. The number of hydrogen-bond donors (Lipinski definition) is 1. The first kappa shape index (κ1) is 21.5. The fourth-order valence-electron chi connectivity index (χ4n) is 3.44. The number of hydrogen-bond acceptors (Lipinski definition) is 6. The van der Waals surface area contributed by atoms with Crippen LogP contribution in [0.15, 0.2) is 60.8 Å². The minimum atomic E-state index is -0.313. The molecule has 0 saturated heterocycles. The van der Waals surface area contributed by atoms with E-state index in [0.717, 1.165) is 35.3 Å². The van der Waals surface area contributed by atoms with Crippen LogP contribution in [0.1, 0.15) is 22.6 Å². The zero-order chi connectivity index (χ0) is 22.5. The quantitative estimate of drug-likeness (QED) is 0.429. The van der Waals surface area contributed by atoms with Crippen molar-refractivity contribution in [2.24, 2.45) is 0 Å². The van der Waals surface area contributed by atoms with Gasteiger partial charge in [0.2, 0.25) is 0 Å². The number of aromatic nitrogens is 4. The smallest absolute Gasteiger partial charge is 0.278 e. The molecule has 4 aromatic rings. The summed E-state index contributed by atoms with van der Waals surface area (Å²) in [6, 6.07) is 17.0. The molecule has 2 aromatic carbocycles. The Labute approximate surface area is 186 Å². The summed E-state index contributed by atoms with van der Waals surface area (Å²) in [6.45, 7) is 3.45. The average molecular weight is 431 g/mol. The molecule has 0 unspecified atom stereocenters. The van der Waals surface area contributed by atoms with E-state index in [1.165, 1.54) is 0 Å². The van der Waals surface area contributed by atoms with Crippen LogP contribution in [0.3, 0.4) is 0 Å². The van der Waals surface area contributed by atoms with E-state index in [-0.39, 0.29) is 11.6 Å². The number of benzene rings is 2. The van der Waals surface area contributed by atoms with E-state index in [4.69, 9.17) is 4.74 Å². The highest BCUT2D eigenvalue weighted by Crippen LogP contribution is 2.22. The normalized spacial score (nSPS) is 11.1. The van der Waals surface area contributed by atoms with Crippen LogP contribution in [0.4, 0.5) is 5.69 Å². The van der Waals surface area contributed by atoms with Gasteiger partial charge < -0.3 is 15.0 Å². The predicted molar refractivity (Wildman–Crippen MR) is 124 cm³/mol. The summed E-state index contributed by atoms with van der Waals surface area (Å²) < 4.78 is 7.41. The number of pyridine rings is 1. The number of carbonyl (C=O) groups is 1. The maximum atomic E-state index is 12.8. The Hall–Kier alpha value is -3.78. The molecule has 2 heterocycles. The number of ether oxygens (including phenoxy) is 1. The van der Waals surface area contributed by atoms with Gasteiger partial charge in [-0.25, -0.2) is 4.68 Å². The van der Waals surface area contributed by atoms with Crippen molar-refractivity contribution in [3.8, 4) is 11.4 Å². The van der Waals surface area contributed by atoms with Crippen molar-refractivity contribution >= 4 is 22.5 Å². The summed E-state index contributed by atoms with van der Waals surface area (Å²) in [5, 5.41) is 12.2. The number of carbonyl (C=O) groups excluding carboxylic acids is 1. The summed E-state index contributed by atoms with van der Waals surface area (Å²) >= 11 is 0. The fourth-order valence-corrected chi connectivity index (χ4v) is 3.44. The number of rotatable bonds is 8. The molecule has 0 atom stereocenters. The van der Waals surface area contributed by atoms with E-state index < -0.39 is 0 Å². The third kappa shape index (κ3) is 4.76. The molecule has 1 amide bonds. The summed E-state index contributed by atoms with van der Waals surface area (Å²) in [7, 11) is 4.08. The predicted octanol–water partition coefficient (Wildman–Crippen LogP) is 3.71. The van der Waals surface area contributed by atoms with Gasteiger partial charge in [-0.15, -0.1) is 5.10 Å². The highest BCUT2D eigenvalue weighted by Gasteiger charge is 2.18. The van der Waals surface area contributed by atoms with Gasteiger partial charge in [0.15, 0.2) is 5.69 Å². The van der Waals surface area contributed by atoms with Crippen LogP contribution in [0.25, 0.3) is 16.6 Å². The molecule has 0 aliphatic heterocycles. The maximum Gasteiger partial charge on any atom is 0.278 e. The SMILES string of the molecule is Cc1c(C(=O)Nc2ccc(OCCCN(C)C)cc2)nnn1-c1cccc2ncccc12. The molecular weight excluding hydrogens is 404 g/mol. The molecule has 0 spiro atoms. The lowest BCUT2D eigenvalue weighted by Gasteiger charge is -2.11. The second kappa shape index (κ2) is 9.57. The Morgan fingerprint density at radius 2 is 1.91 bits per heavy atom. The molecule has 0 saturated carbocycles. The Bertz CT molecular complexity index is 1210. The van der Waals surface area contributed by atoms with Crippen molar-refractivity contribution in [3.63, 3.8) is 0 Å². The Morgan fingerprint density at radius 3 is 2.69 bits per heavy atom. The number of nitrogens with one attached hydrogen (secondary N) is 1. The first-order chi connectivity index (χ1) is 15.5. The van der Waals surface area contributed by atoms with Crippen LogP contribution in [0.2, 0.25) is 0 Å². The van der Waals surface area contributed by atoms with E-state index in [1.807, 2.05) is 75.6 Å². The van der Waals surface area contributed by atoms with E-state index in [2.05, 4.69) is 25.5 Å². The largest absolute Gasteiger partial charge is 0.494 e. The van der Waals surface area contributed by atoms with Crippen LogP contribution in [0.5, 0.6) is 5.75 Å². The topological polar surface area (TPSA) is 85.2 Å². The third-order valence-electron chi connectivity index (χ3n) is 5.09. The summed E-state index contributed by atoms with van der Waals surface area (Å²) in [5.74, 6) is 0.459. The van der Waals surface area contributed by atoms with E-state index >= 15 is 0 Å². The average Bonchev–Trinajstić information content (AvgIpc) is 3.18. The fraction of sp³-hybridized carbons (Fsp3) is 0.250. The minimum absolute atomic E-state index is 0.273. The van der Waals surface area contributed by atoms with Crippen LogP contribution < -0.4 is 10.1 Å². The van der Waals surface area contributed by atoms with Gasteiger partial charge in [-0.1, -0.05) is 11.3 Å². The van der Waals surface area contributed by atoms with Gasteiger partial charge in [-0.3, -0.25) is 9.78 Å². The Balaban J connectivity index is 1.45. The van der Waals surface area contributed by atoms with Crippen LogP contribution in [0, 0.1) is 6.92 Å². The van der Waals surface area contributed by atoms with Crippen molar-refractivity contribution in [2.45, 2.75) is 13.3 Å². The highest BCUT2D eigenvalue weighted by molar-refractivity contribution is 6.03. The molecule has 1 N–H and O–H groups in total. The van der Waals surface area contributed by atoms with Gasteiger partial charge in [0.25, 0.3) is 5.91 Å². The lowest BCUT2D eigenvalue weighted by atomic mass is 10.2. The molecule has 164 valence electrons. The lowest BCUT2D eigenvalue weighted by Crippen LogP contribution is -2.15.